The van der Waals surface area contributed by atoms with Gasteiger partial charge in [0.15, 0.2) is 5.78 Å². The number of amides is 1. The fraction of sp³-hybridized carbons (Fsp3) is 0.375. The maximum absolute atomic E-state index is 15.1. The Kier molecular flexibility index (Phi) is 7.86. The molecule has 0 unspecified atom stereocenters. The number of halogens is 3. The van der Waals surface area contributed by atoms with Crippen LogP contribution < -0.4 is 15.2 Å². The number of hydrazine groups is 1. The molecule has 1 N–H and O–H groups in total. The van der Waals surface area contributed by atoms with Crippen LogP contribution in [0.2, 0.25) is 0 Å². The Hall–Kier alpha value is -3.18. The highest BCUT2D eigenvalue weighted by molar-refractivity contribution is 7.80. The summed E-state index contributed by atoms with van der Waals surface area (Å²) in [6.45, 7) is 2.25. The van der Waals surface area contributed by atoms with Gasteiger partial charge in [0.25, 0.3) is 6.43 Å². The Morgan fingerprint density at radius 3 is 2.63 bits per heavy atom. The molecule has 186 valence electrons. The average molecular weight is 507 g/mol. The molecule has 2 saturated heterocycles. The number of ether oxygens (including phenoxy) is 1. The molecule has 0 aromatic heterocycles. The molecule has 0 bridgehead atoms. The third-order valence-corrected chi connectivity index (χ3v) is 6.41. The van der Waals surface area contributed by atoms with Crippen LogP contribution in [0.25, 0.3) is 0 Å². The second-order valence-corrected chi connectivity index (χ2v) is 8.66. The minimum atomic E-state index is -3.04. The van der Waals surface area contributed by atoms with Crippen molar-refractivity contribution in [1.29, 1.82) is 0 Å². The molecule has 35 heavy (non-hydrogen) atoms. The number of anilines is 2. The van der Waals surface area contributed by atoms with Gasteiger partial charge >= 0.3 is 6.09 Å². The van der Waals surface area contributed by atoms with Crippen molar-refractivity contribution in [1.82, 2.24) is 10.4 Å². The van der Waals surface area contributed by atoms with Crippen molar-refractivity contribution in [3.63, 3.8) is 0 Å². The summed E-state index contributed by atoms with van der Waals surface area (Å²) >= 11 is 5.59. The summed E-state index contributed by atoms with van der Waals surface area (Å²) in [5.41, 5.74) is 4.91. The topological polar surface area (TPSA) is 65.1 Å². The van der Waals surface area contributed by atoms with Gasteiger partial charge in [-0.1, -0.05) is 42.5 Å². The number of nitrogens with zero attached hydrogens (tertiary/aromatic N) is 3. The van der Waals surface area contributed by atoms with Gasteiger partial charge in [-0.25, -0.2) is 23.4 Å². The fourth-order valence-electron chi connectivity index (χ4n) is 4.10. The highest BCUT2D eigenvalue weighted by atomic mass is 32.1. The van der Waals surface area contributed by atoms with Crippen LogP contribution in [0.3, 0.4) is 0 Å². The van der Waals surface area contributed by atoms with Gasteiger partial charge in [0.2, 0.25) is 0 Å². The van der Waals surface area contributed by atoms with Crippen molar-refractivity contribution >= 4 is 40.5 Å². The number of thiocarbonyl (C=S) groups is 1. The number of Topliss-reactive ketones (excluding diaryl/α,β-unsaturated/α-hetero) is 1. The first kappa shape index (κ1) is 24.9. The first-order chi connectivity index (χ1) is 16.8. The summed E-state index contributed by atoms with van der Waals surface area (Å²) in [5, 5.41) is 1.89. The molecule has 11 heteroatoms. The van der Waals surface area contributed by atoms with Gasteiger partial charge in [-0.3, -0.25) is 14.7 Å². The smallest absolute Gasteiger partial charge is 0.414 e. The van der Waals surface area contributed by atoms with Gasteiger partial charge < -0.3 is 9.64 Å². The number of benzene rings is 2. The van der Waals surface area contributed by atoms with Crippen LogP contribution in [0.15, 0.2) is 48.5 Å². The maximum atomic E-state index is 15.1. The van der Waals surface area contributed by atoms with E-state index in [4.69, 9.17) is 17.0 Å². The molecule has 0 aliphatic carbocycles. The Labute approximate surface area is 206 Å². The van der Waals surface area contributed by atoms with Crippen molar-refractivity contribution in [2.45, 2.75) is 25.4 Å². The highest BCUT2D eigenvalue weighted by Crippen LogP contribution is 2.29. The van der Waals surface area contributed by atoms with Gasteiger partial charge in [-0.15, -0.1) is 0 Å². The Balaban J connectivity index is 1.38. The minimum Gasteiger partial charge on any atom is -0.444 e. The number of carbonyl (C=O) groups excluding carboxylic acids is 2. The minimum absolute atomic E-state index is 0.00585. The van der Waals surface area contributed by atoms with Crippen LogP contribution in [0, 0.1) is 5.82 Å². The lowest BCUT2D eigenvalue weighted by Crippen LogP contribution is -2.43. The number of nitrogens with one attached hydrogen (secondary N) is 1. The van der Waals surface area contributed by atoms with Crippen molar-refractivity contribution in [3.8, 4) is 0 Å². The zero-order chi connectivity index (χ0) is 24.9. The Morgan fingerprint density at radius 2 is 1.91 bits per heavy atom. The number of rotatable bonds is 7. The largest absolute Gasteiger partial charge is 0.444 e. The monoisotopic (exact) mass is 506 g/mol. The molecule has 2 aliphatic rings. The van der Waals surface area contributed by atoms with Crippen molar-refractivity contribution < 1.29 is 27.5 Å². The summed E-state index contributed by atoms with van der Waals surface area (Å²) in [7, 11) is 0. The summed E-state index contributed by atoms with van der Waals surface area (Å²) in [6, 6.07) is 14.1. The lowest BCUT2D eigenvalue weighted by molar-refractivity contribution is -0.129. The normalized spacial score (nSPS) is 18.6. The second kappa shape index (κ2) is 11.0. The SMILES string of the molecule is O=C(CC[C@H]1CN(c2ccc(N3CCNN(C(=S)c4ccccc4)CC3)c(F)c2)C(=O)O1)C(F)F. The molecule has 0 spiro atoms. The van der Waals surface area contributed by atoms with Crippen molar-refractivity contribution in [2.24, 2.45) is 0 Å². The van der Waals surface area contributed by atoms with E-state index in [1.165, 1.54) is 11.0 Å². The molecule has 2 heterocycles. The van der Waals surface area contributed by atoms with Gasteiger partial charge in [0.05, 0.1) is 24.5 Å². The predicted octanol–water partition coefficient (Wildman–Crippen LogP) is 3.77. The number of hydrogen-bond acceptors (Lipinski definition) is 6. The number of hydrogen-bond donors (Lipinski definition) is 1. The molecule has 2 fully saturated rings. The first-order valence-corrected chi connectivity index (χ1v) is 11.7. The first-order valence-electron chi connectivity index (χ1n) is 11.3. The van der Waals surface area contributed by atoms with E-state index in [2.05, 4.69) is 5.43 Å². The third-order valence-electron chi connectivity index (χ3n) is 5.96. The van der Waals surface area contributed by atoms with E-state index in [1.807, 2.05) is 40.2 Å². The number of ketones is 1. The molecular formula is C24H25F3N4O3S. The molecule has 1 amide bonds. The number of cyclic esters (lactones) is 1. The van der Waals surface area contributed by atoms with Crippen molar-refractivity contribution in [2.75, 3.05) is 42.5 Å². The van der Waals surface area contributed by atoms with Gasteiger partial charge in [0.1, 0.15) is 16.9 Å². The van der Waals surface area contributed by atoms with Gasteiger partial charge in [0, 0.05) is 31.6 Å². The standard InChI is InChI=1S/C24H25F3N4O3S/c25-19-14-17(30-15-18(34-24(30)33)7-9-21(32)22(26)27)6-8-20(19)29-11-10-28-31(13-12-29)23(35)16-4-2-1-3-5-16/h1-6,8,14,18,22,28H,7,9-13,15H2/t18-/m0/s1. The average Bonchev–Trinajstić information content (AvgIpc) is 3.06. The number of alkyl halides is 2. The molecule has 0 radical (unpaired) electrons. The maximum Gasteiger partial charge on any atom is 0.414 e. The summed E-state index contributed by atoms with van der Waals surface area (Å²) < 4.78 is 45.1. The van der Waals surface area contributed by atoms with Crippen LogP contribution in [-0.2, 0) is 9.53 Å². The Bertz CT molecular complexity index is 1090. The zero-order valence-corrected chi connectivity index (χ0v) is 19.6. The molecule has 4 rings (SSSR count). The molecule has 2 aromatic carbocycles. The van der Waals surface area contributed by atoms with E-state index in [1.54, 1.807) is 12.1 Å². The van der Waals surface area contributed by atoms with Crippen LogP contribution in [0.5, 0.6) is 0 Å². The van der Waals surface area contributed by atoms with E-state index in [-0.39, 0.29) is 19.4 Å². The van der Waals surface area contributed by atoms with Crippen LogP contribution >= 0.6 is 12.2 Å². The molecule has 0 saturated carbocycles. The summed E-state index contributed by atoms with van der Waals surface area (Å²) in [4.78, 5) is 27.2. The van der Waals surface area contributed by atoms with Gasteiger partial charge in [-0.05, 0) is 24.6 Å². The fourth-order valence-corrected chi connectivity index (χ4v) is 4.39. The molecule has 7 nitrogen and oxygen atoms in total. The summed E-state index contributed by atoms with van der Waals surface area (Å²) in [6.07, 6.45) is -4.83. The molecule has 1 atom stereocenters. The highest BCUT2D eigenvalue weighted by Gasteiger charge is 2.33. The van der Waals surface area contributed by atoms with Crippen LogP contribution in [0.4, 0.5) is 29.3 Å². The van der Waals surface area contributed by atoms with Crippen LogP contribution in [-0.4, -0.2) is 67.1 Å². The second-order valence-electron chi connectivity index (χ2n) is 8.28. The molecule has 2 aromatic rings. The van der Waals surface area contributed by atoms with E-state index in [0.717, 1.165) is 5.56 Å². The lowest BCUT2D eigenvalue weighted by atomic mass is 10.1. The van der Waals surface area contributed by atoms with Crippen molar-refractivity contribution in [3.05, 3.63) is 59.9 Å². The third kappa shape index (κ3) is 5.91. The quantitative estimate of drug-likeness (QED) is 0.574. The summed E-state index contributed by atoms with van der Waals surface area (Å²) in [5.74, 6) is -1.68. The molecular weight excluding hydrogens is 481 g/mol. The Morgan fingerprint density at radius 1 is 1.14 bits per heavy atom. The molecule has 2 aliphatic heterocycles. The van der Waals surface area contributed by atoms with E-state index < -0.39 is 30.2 Å². The van der Waals surface area contributed by atoms with E-state index >= 15 is 4.39 Å². The predicted molar refractivity (Wildman–Crippen MR) is 129 cm³/mol. The zero-order valence-electron chi connectivity index (χ0n) is 18.8. The number of carbonyl (C=O) groups is 2. The lowest BCUT2D eigenvalue weighted by Gasteiger charge is -2.25. The van der Waals surface area contributed by atoms with E-state index in [9.17, 15) is 18.4 Å². The van der Waals surface area contributed by atoms with Crippen LogP contribution in [0.1, 0.15) is 18.4 Å². The van der Waals surface area contributed by atoms with Gasteiger partial charge in [-0.2, -0.15) is 0 Å². The van der Waals surface area contributed by atoms with E-state index in [0.29, 0.717) is 42.5 Å².